The zero-order valence-electron chi connectivity index (χ0n) is 13.4. The van der Waals surface area contributed by atoms with Crippen LogP contribution in [0.2, 0.25) is 0 Å². The minimum atomic E-state index is -2.83. The van der Waals surface area contributed by atoms with Gasteiger partial charge in [-0.1, -0.05) is 41.6 Å². The monoisotopic (exact) mass is 351 g/mol. The standard InChI is InChI=1S/C16H21N3O2S2/c1-12-4-3-5-13(8-12)10-22-16-18-17-15(19(16)2)9-14-6-7-23(20,21)11-14/h3-5,8,14H,6-7,9-11H2,1-2H3. The fourth-order valence-corrected chi connectivity index (χ4v) is 5.62. The molecule has 0 spiro atoms. The molecule has 5 nitrogen and oxygen atoms in total. The highest BCUT2D eigenvalue weighted by molar-refractivity contribution is 7.98. The number of thioether (sulfide) groups is 1. The van der Waals surface area contributed by atoms with Crippen LogP contribution < -0.4 is 0 Å². The van der Waals surface area contributed by atoms with Gasteiger partial charge in [0.15, 0.2) is 15.0 Å². The van der Waals surface area contributed by atoms with E-state index < -0.39 is 9.84 Å². The summed E-state index contributed by atoms with van der Waals surface area (Å²) in [6.07, 6.45) is 1.43. The van der Waals surface area contributed by atoms with Gasteiger partial charge in [0.25, 0.3) is 0 Å². The number of hydrogen-bond donors (Lipinski definition) is 0. The van der Waals surface area contributed by atoms with Gasteiger partial charge in [-0.15, -0.1) is 10.2 Å². The van der Waals surface area contributed by atoms with Gasteiger partial charge < -0.3 is 4.57 Å². The zero-order chi connectivity index (χ0) is 16.4. The Kier molecular flexibility index (Phi) is 4.77. The molecule has 1 aromatic heterocycles. The van der Waals surface area contributed by atoms with E-state index in [1.807, 2.05) is 11.6 Å². The van der Waals surface area contributed by atoms with Crippen LogP contribution in [-0.2, 0) is 29.1 Å². The number of benzene rings is 1. The Hall–Kier alpha value is -1.34. The molecule has 1 atom stereocenters. The zero-order valence-corrected chi connectivity index (χ0v) is 15.0. The first kappa shape index (κ1) is 16.5. The molecule has 2 aromatic rings. The third-order valence-corrected chi connectivity index (χ3v) is 7.10. The lowest BCUT2D eigenvalue weighted by Crippen LogP contribution is -2.11. The minimum absolute atomic E-state index is 0.178. The maximum atomic E-state index is 11.6. The average Bonchev–Trinajstić information content (AvgIpc) is 3.01. The predicted octanol–water partition coefficient (Wildman–Crippen LogP) is 2.39. The number of nitrogens with zero attached hydrogens (tertiary/aromatic N) is 3. The largest absolute Gasteiger partial charge is 0.309 e. The highest BCUT2D eigenvalue weighted by atomic mass is 32.2. The highest BCUT2D eigenvalue weighted by Gasteiger charge is 2.29. The smallest absolute Gasteiger partial charge is 0.191 e. The summed E-state index contributed by atoms with van der Waals surface area (Å²) in [7, 11) is -0.879. The SMILES string of the molecule is Cc1cccc(CSc2nnc(CC3CCS(=O)(=O)C3)n2C)c1. The normalized spacial score (nSPS) is 20.0. The maximum Gasteiger partial charge on any atom is 0.191 e. The van der Waals surface area contributed by atoms with Crippen LogP contribution in [0.15, 0.2) is 29.4 Å². The van der Waals surface area contributed by atoms with Gasteiger partial charge in [-0.25, -0.2) is 8.42 Å². The molecule has 2 heterocycles. The summed E-state index contributed by atoms with van der Waals surface area (Å²) >= 11 is 1.66. The molecule has 0 amide bonds. The van der Waals surface area contributed by atoms with Gasteiger partial charge in [0.05, 0.1) is 11.5 Å². The fraction of sp³-hybridized carbons (Fsp3) is 0.500. The average molecular weight is 351 g/mol. The third kappa shape index (κ3) is 4.14. The lowest BCUT2D eigenvalue weighted by Gasteiger charge is -2.07. The summed E-state index contributed by atoms with van der Waals surface area (Å²) in [5, 5.41) is 9.39. The van der Waals surface area contributed by atoms with Gasteiger partial charge in [-0.3, -0.25) is 0 Å². The van der Waals surface area contributed by atoms with Crippen molar-refractivity contribution in [3.63, 3.8) is 0 Å². The second-order valence-corrected chi connectivity index (χ2v) is 9.38. The van der Waals surface area contributed by atoms with Crippen LogP contribution >= 0.6 is 11.8 Å². The van der Waals surface area contributed by atoms with Crippen LogP contribution in [0.5, 0.6) is 0 Å². The first-order valence-electron chi connectivity index (χ1n) is 7.70. The Bertz CT molecular complexity index is 799. The Morgan fingerprint density at radius 3 is 2.87 bits per heavy atom. The second-order valence-electron chi connectivity index (χ2n) is 6.21. The van der Waals surface area contributed by atoms with E-state index in [1.165, 1.54) is 11.1 Å². The summed E-state index contributed by atoms with van der Waals surface area (Å²) in [5.41, 5.74) is 2.52. The lowest BCUT2D eigenvalue weighted by atomic mass is 10.1. The molecule has 0 N–H and O–H groups in total. The van der Waals surface area contributed by atoms with Crippen LogP contribution in [-0.4, -0.2) is 34.7 Å². The topological polar surface area (TPSA) is 64.8 Å². The summed E-state index contributed by atoms with van der Waals surface area (Å²) in [6, 6.07) is 8.44. The molecule has 0 saturated carbocycles. The quantitative estimate of drug-likeness (QED) is 0.774. The van der Waals surface area contributed by atoms with E-state index in [1.54, 1.807) is 11.8 Å². The van der Waals surface area contributed by atoms with E-state index in [0.717, 1.165) is 23.2 Å². The van der Waals surface area contributed by atoms with Gasteiger partial charge >= 0.3 is 0 Å². The van der Waals surface area contributed by atoms with Crippen LogP contribution in [0, 0.1) is 12.8 Å². The van der Waals surface area contributed by atoms with E-state index in [-0.39, 0.29) is 11.7 Å². The highest BCUT2D eigenvalue weighted by Crippen LogP contribution is 2.25. The molecular weight excluding hydrogens is 330 g/mol. The number of aryl methyl sites for hydroxylation is 1. The van der Waals surface area contributed by atoms with E-state index in [0.29, 0.717) is 12.2 Å². The van der Waals surface area contributed by atoms with Crippen molar-refractivity contribution in [2.75, 3.05) is 11.5 Å². The minimum Gasteiger partial charge on any atom is -0.309 e. The Morgan fingerprint density at radius 1 is 1.35 bits per heavy atom. The molecule has 0 bridgehead atoms. The molecule has 7 heteroatoms. The van der Waals surface area contributed by atoms with Gasteiger partial charge in [0, 0.05) is 19.2 Å². The van der Waals surface area contributed by atoms with Crippen molar-refractivity contribution < 1.29 is 8.42 Å². The Morgan fingerprint density at radius 2 is 2.17 bits per heavy atom. The molecule has 124 valence electrons. The summed E-state index contributed by atoms with van der Waals surface area (Å²) < 4.78 is 25.1. The predicted molar refractivity (Wildman–Crippen MR) is 92.2 cm³/mol. The number of aromatic nitrogens is 3. The molecule has 0 aliphatic carbocycles. The first-order chi connectivity index (χ1) is 10.9. The van der Waals surface area contributed by atoms with Crippen molar-refractivity contribution in [3.05, 3.63) is 41.2 Å². The molecule has 23 heavy (non-hydrogen) atoms. The lowest BCUT2D eigenvalue weighted by molar-refractivity contribution is 0.552. The molecule has 0 radical (unpaired) electrons. The second kappa shape index (κ2) is 6.65. The van der Waals surface area contributed by atoms with E-state index >= 15 is 0 Å². The molecular formula is C16H21N3O2S2. The van der Waals surface area contributed by atoms with Crippen molar-refractivity contribution in [2.45, 2.75) is 30.7 Å². The fourth-order valence-electron chi connectivity index (χ4n) is 2.89. The summed E-state index contributed by atoms with van der Waals surface area (Å²) in [4.78, 5) is 0. The summed E-state index contributed by atoms with van der Waals surface area (Å²) in [6.45, 7) is 2.09. The number of rotatable bonds is 5. The first-order valence-corrected chi connectivity index (χ1v) is 10.5. The molecule has 1 fully saturated rings. The molecule has 1 aromatic carbocycles. The molecule has 3 rings (SSSR count). The van der Waals surface area contributed by atoms with Crippen molar-refractivity contribution in [1.29, 1.82) is 0 Å². The van der Waals surface area contributed by atoms with E-state index in [4.69, 9.17) is 0 Å². The molecule has 1 aliphatic rings. The van der Waals surface area contributed by atoms with Crippen LogP contribution in [0.4, 0.5) is 0 Å². The van der Waals surface area contributed by atoms with Crippen LogP contribution in [0.1, 0.15) is 23.4 Å². The molecule has 1 aliphatic heterocycles. The van der Waals surface area contributed by atoms with Crippen molar-refractivity contribution in [2.24, 2.45) is 13.0 Å². The molecule has 1 saturated heterocycles. The van der Waals surface area contributed by atoms with Gasteiger partial charge in [0.2, 0.25) is 0 Å². The van der Waals surface area contributed by atoms with Crippen molar-refractivity contribution in [3.8, 4) is 0 Å². The Labute approximate surface area is 141 Å². The van der Waals surface area contributed by atoms with E-state index in [2.05, 4.69) is 41.4 Å². The van der Waals surface area contributed by atoms with Crippen LogP contribution in [0.25, 0.3) is 0 Å². The Balaban J connectivity index is 1.63. The third-order valence-electron chi connectivity index (χ3n) is 4.17. The number of sulfone groups is 1. The maximum absolute atomic E-state index is 11.6. The number of hydrogen-bond acceptors (Lipinski definition) is 5. The van der Waals surface area contributed by atoms with Gasteiger partial charge in [-0.2, -0.15) is 0 Å². The van der Waals surface area contributed by atoms with Gasteiger partial charge in [0.1, 0.15) is 5.82 Å². The van der Waals surface area contributed by atoms with E-state index in [9.17, 15) is 8.42 Å². The summed E-state index contributed by atoms with van der Waals surface area (Å²) in [5.74, 6) is 2.50. The van der Waals surface area contributed by atoms with Gasteiger partial charge in [-0.05, 0) is 24.8 Å². The molecule has 1 unspecified atom stereocenters. The van der Waals surface area contributed by atoms with Crippen molar-refractivity contribution >= 4 is 21.6 Å². The van der Waals surface area contributed by atoms with Crippen molar-refractivity contribution in [1.82, 2.24) is 14.8 Å². The van der Waals surface area contributed by atoms with Crippen LogP contribution in [0.3, 0.4) is 0 Å².